The van der Waals surface area contributed by atoms with Crippen LogP contribution in [-0.4, -0.2) is 28.1 Å². The zero-order valence-electron chi connectivity index (χ0n) is 9.47. The molecule has 0 bridgehead atoms. The van der Waals surface area contributed by atoms with Gasteiger partial charge in [0, 0.05) is 0 Å². The minimum atomic E-state index is -4.01. The van der Waals surface area contributed by atoms with Crippen molar-refractivity contribution in [2.24, 2.45) is 5.14 Å². The number of sulfonamides is 1. The number of nitrogens with two attached hydrogens (primary N) is 1. The number of carbonyl (C=O) groups excluding carboxylic acids is 1. The third kappa shape index (κ3) is 2.95. The molecule has 2 N–H and O–H groups in total. The average molecular weight is 259 g/mol. The van der Waals surface area contributed by atoms with Gasteiger partial charge in [0.1, 0.15) is 16.2 Å². The Labute approximate surface area is 99.4 Å². The molecule has 0 aliphatic rings. The molecule has 0 saturated carbocycles. The van der Waals surface area contributed by atoms with Crippen LogP contribution in [0.25, 0.3) is 0 Å². The number of methoxy groups -OCH3 is 1. The molecule has 0 radical (unpaired) electrons. The van der Waals surface area contributed by atoms with E-state index in [1.807, 2.05) is 0 Å². The zero-order chi connectivity index (χ0) is 13.1. The Morgan fingerprint density at radius 1 is 1.41 bits per heavy atom. The van der Waals surface area contributed by atoms with Crippen molar-refractivity contribution in [3.8, 4) is 5.75 Å². The van der Waals surface area contributed by atoms with Crippen molar-refractivity contribution in [3.63, 3.8) is 0 Å². The third-order valence-electron chi connectivity index (χ3n) is 1.99. The Hall–Kier alpha value is -1.60. The maximum Gasteiger partial charge on any atom is 0.343 e. The summed E-state index contributed by atoms with van der Waals surface area (Å²) in [6, 6.07) is 4.12. The van der Waals surface area contributed by atoms with E-state index < -0.39 is 16.0 Å². The number of primary sulfonamides is 1. The Morgan fingerprint density at radius 3 is 2.53 bits per heavy atom. The van der Waals surface area contributed by atoms with Gasteiger partial charge in [0.05, 0.1) is 13.7 Å². The summed E-state index contributed by atoms with van der Waals surface area (Å²) in [5.41, 5.74) is -0.181. The average Bonchev–Trinajstić information content (AvgIpc) is 2.27. The molecule has 1 rings (SSSR count). The van der Waals surface area contributed by atoms with Crippen LogP contribution in [0.3, 0.4) is 0 Å². The lowest BCUT2D eigenvalue weighted by Crippen LogP contribution is -2.18. The number of hydrogen-bond donors (Lipinski definition) is 1. The van der Waals surface area contributed by atoms with Crippen LogP contribution in [0.5, 0.6) is 5.75 Å². The molecule has 0 spiro atoms. The molecule has 7 heteroatoms. The van der Waals surface area contributed by atoms with Gasteiger partial charge in [-0.15, -0.1) is 0 Å². The summed E-state index contributed by atoms with van der Waals surface area (Å²) in [7, 11) is -2.69. The lowest BCUT2D eigenvalue weighted by Gasteiger charge is -2.11. The van der Waals surface area contributed by atoms with Gasteiger partial charge < -0.3 is 9.47 Å². The molecule has 0 aliphatic carbocycles. The zero-order valence-corrected chi connectivity index (χ0v) is 10.3. The van der Waals surface area contributed by atoms with Crippen molar-refractivity contribution in [3.05, 3.63) is 23.8 Å². The van der Waals surface area contributed by atoms with Crippen LogP contribution >= 0.6 is 0 Å². The van der Waals surface area contributed by atoms with E-state index in [-0.39, 0.29) is 22.8 Å². The van der Waals surface area contributed by atoms with Crippen molar-refractivity contribution >= 4 is 16.0 Å². The van der Waals surface area contributed by atoms with Gasteiger partial charge in [-0.05, 0) is 19.1 Å². The Morgan fingerprint density at radius 2 is 2.06 bits per heavy atom. The van der Waals surface area contributed by atoms with Crippen LogP contribution in [0.2, 0.25) is 0 Å². The van der Waals surface area contributed by atoms with Gasteiger partial charge in [0.25, 0.3) is 0 Å². The second kappa shape index (κ2) is 5.15. The predicted molar refractivity (Wildman–Crippen MR) is 60.3 cm³/mol. The highest BCUT2D eigenvalue weighted by Crippen LogP contribution is 2.25. The lowest BCUT2D eigenvalue weighted by molar-refractivity contribution is 0.0518. The minimum Gasteiger partial charge on any atom is -0.496 e. The van der Waals surface area contributed by atoms with Gasteiger partial charge >= 0.3 is 5.97 Å². The highest BCUT2D eigenvalue weighted by Gasteiger charge is 2.24. The number of benzene rings is 1. The first-order valence-corrected chi connectivity index (χ1v) is 6.33. The fourth-order valence-corrected chi connectivity index (χ4v) is 2.06. The van der Waals surface area contributed by atoms with Crippen molar-refractivity contribution < 1.29 is 22.7 Å². The van der Waals surface area contributed by atoms with Crippen LogP contribution in [0.1, 0.15) is 17.3 Å². The summed E-state index contributed by atoms with van der Waals surface area (Å²) in [5, 5.41) is 5.02. The van der Waals surface area contributed by atoms with Gasteiger partial charge in [-0.1, -0.05) is 6.07 Å². The second-order valence-corrected chi connectivity index (χ2v) is 4.63. The summed E-state index contributed by atoms with van der Waals surface area (Å²) >= 11 is 0. The van der Waals surface area contributed by atoms with E-state index in [0.29, 0.717) is 0 Å². The summed E-state index contributed by atoms with van der Waals surface area (Å²) in [4.78, 5) is 11.4. The maximum absolute atomic E-state index is 11.7. The molecule has 6 nitrogen and oxygen atoms in total. The molecule has 94 valence electrons. The van der Waals surface area contributed by atoms with Crippen molar-refractivity contribution in [1.29, 1.82) is 0 Å². The molecule has 0 aliphatic heterocycles. The van der Waals surface area contributed by atoms with Crippen molar-refractivity contribution in [2.45, 2.75) is 11.8 Å². The van der Waals surface area contributed by atoms with E-state index in [2.05, 4.69) is 0 Å². The first kappa shape index (κ1) is 13.5. The van der Waals surface area contributed by atoms with Crippen LogP contribution < -0.4 is 9.88 Å². The summed E-state index contributed by atoms with van der Waals surface area (Å²) in [5.74, 6) is -0.677. The normalized spacial score (nSPS) is 11.0. The number of ether oxygens (including phenoxy) is 2. The third-order valence-corrected chi connectivity index (χ3v) is 2.95. The largest absolute Gasteiger partial charge is 0.496 e. The van der Waals surface area contributed by atoms with E-state index in [1.54, 1.807) is 6.92 Å². The highest BCUT2D eigenvalue weighted by molar-refractivity contribution is 7.89. The SMILES string of the molecule is CCOC(=O)c1c(OC)cccc1S(N)(=O)=O. The molecule has 1 aromatic carbocycles. The van der Waals surface area contributed by atoms with Crippen LogP contribution in [0, 0.1) is 0 Å². The minimum absolute atomic E-state index is 0.106. The molecule has 0 unspecified atom stereocenters. The molecule has 0 saturated heterocycles. The predicted octanol–water partition coefficient (Wildman–Crippen LogP) is 0.519. The Kier molecular flexibility index (Phi) is 4.08. The van der Waals surface area contributed by atoms with E-state index in [1.165, 1.54) is 25.3 Å². The number of hydrogen-bond acceptors (Lipinski definition) is 5. The maximum atomic E-state index is 11.7. The number of esters is 1. The molecular formula is C10H13NO5S. The summed E-state index contributed by atoms with van der Waals surface area (Å²) in [6.07, 6.45) is 0. The molecule has 0 heterocycles. The smallest absolute Gasteiger partial charge is 0.343 e. The van der Waals surface area contributed by atoms with E-state index in [4.69, 9.17) is 14.6 Å². The first-order valence-electron chi connectivity index (χ1n) is 4.78. The molecule has 1 aromatic rings. The van der Waals surface area contributed by atoms with Gasteiger partial charge in [0.15, 0.2) is 0 Å². The Bertz CT molecular complexity index is 523. The van der Waals surface area contributed by atoms with Gasteiger partial charge in [-0.25, -0.2) is 18.4 Å². The van der Waals surface area contributed by atoms with Gasteiger partial charge in [-0.3, -0.25) is 0 Å². The molecule has 0 amide bonds. The van der Waals surface area contributed by atoms with Gasteiger partial charge in [-0.2, -0.15) is 0 Å². The van der Waals surface area contributed by atoms with Crippen LogP contribution in [0.4, 0.5) is 0 Å². The molecule has 0 fully saturated rings. The first-order chi connectivity index (χ1) is 7.91. The Balaban J connectivity index is 3.46. The van der Waals surface area contributed by atoms with Crippen LogP contribution in [0.15, 0.2) is 23.1 Å². The quantitative estimate of drug-likeness (QED) is 0.795. The topological polar surface area (TPSA) is 95.7 Å². The molecule has 17 heavy (non-hydrogen) atoms. The summed E-state index contributed by atoms with van der Waals surface area (Å²) < 4.78 is 32.4. The van der Waals surface area contributed by atoms with E-state index in [0.717, 1.165) is 0 Å². The monoisotopic (exact) mass is 259 g/mol. The van der Waals surface area contributed by atoms with E-state index in [9.17, 15) is 13.2 Å². The highest BCUT2D eigenvalue weighted by atomic mass is 32.2. The fraction of sp³-hybridized carbons (Fsp3) is 0.300. The van der Waals surface area contributed by atoms with Crippen molar-refractivity contribution in [1.82, 2.24) is 0 Å². The number of rotatable bonds is 4. The standard InChI is InChI=1S/C10H13NO5S/c1-3-16-10(12)9-7(15-2)5-4-6-8(9)17(11,13)14/h4-6H,3H2,1-2H3,(H2,11,13,14). The molecular weight excluding hydrogens is 246 g/mol. The summed E-state index contributed by atoms with van der Waals surface area (Å²) in [6.45, 7) is 1.74. The lowest BCUT2D eigenvalue weighted by atomic mass is 10.2. The van der Waals surface area contributed by atoms with E-state index >= 15 is 0 Å². The van der Waals surface area contributed by atoms with Crippen LogP contribution in [-0.2, 0) is 14.8 Å². The fourth-order valence-electron chi connectivity index (χ4n) is 1.32. The molecule has 0 aromatic heterocycles. The van der Waals surface area contributed by atoms with Crippen molar-refractivity contribution in [2.75, 3.05) is 13.7 Å². The van der Waals surface area contributed by atoms with Gasteiger partial charge in [0.2, 0.25) is 10.0 Å². The molecule has 0 atom stereocenters. The second-order valence-electron chi connectivity index (χ2n) is 3.10. The number of carbonyl (C=O) groups is 1.